The first kappa shape index (κ1) is 24.1. The third-order valence-corrected chi connectivity index (χ3v) is 6.19. The first-order chi connectivity index (χ1) is 15.0. The highest BCUT2D eigenvalue weighted by Gasteiger charge is 2.40. The van der Waals surface area contributed by atoms with Crippen LogP contribution < -0.4 is 9.57 Å². The van der Waals surface area contributed by atoms with Gasteiger partial charge < -0.3 is 9.64 Å². The van der Waals surface area contributed by atoms with Crippen molar-refractivity contribution >= 4 is 16.1 Å². The Morgan fingerprint density at radius 3 is 2.34 bits per heavy atom. The zero-order valence-electron chi connectivity index (χ0n) is 19.5. The molecule has 1 N–H and O–H groups in total. The maximum Gasteiger partial charge on any atom is 0.335 e. The minimum absolute atomic E-state index is 0.105. The molecular weight excluding hydrogens is 426 g/mol. The van der Waals surface area contributed by atoms with Crippen molar-refractivity contribution in [3.8, 4) is 5.75 Å². The van der Waals surface area contributed by atoms with Crippen LogP contribution in [-0.2, 0) is 21.9 Å². The van der Waals surface area contributed by atoms with Gasteiger partial charge in [0.05, 0.1) is 26.0 Å². The van der Waals surface area contributed by atoms with Gasteiger partial charge in [0.25, 0.3) is 0 Å². The number of amides is 2. The van der Waals surface area contributed by atoms with E-state index in [1.165, 1.54) is 5.01 Å². The minimum atomic E-state index is -3.56. The van der Waals surface area contributed by atoms with E-state index in [-0.39, 0.29) is 24.0 Å². The summed E-state index contributed by atoms with van der Waals surface area (Å²) in [5, 5.41) is 1.22. The summed E-state index contributed by atoms with van der Waals surface area (Å²) in [5.74, 6) is 0.810. The lowest BCUT2D eigenvalue weighted by atomic mass is 9.81. The average molecular weight is 460 g/mol. The Balaban J connectivity index is 1.83. The fourth-order valence-corrected chi connectivity index (χ4v) is 4.70. The van der Waals surface area contributed by atoms with Gasteiger partial charge in [0.15, 0.2) is 0 Å². The molecule has 0 saturated carbocycles. The fraction of sp³-hybridized carbons (Fsp3) is 0.458. The summed E-state index contributed by atoms with van der Waals surface area (Å²) in [4.78, 5) is 17.3. The molecule has 7 nitrogen and oxygen atoms in total. The smallest absolute Gasteiger partial charge is 0.335 e. The van der Waals surface area contributed by atoms with E-state index < -0.39 is 10.0 Å². The first-order valence-corrected chi connectivity index (χ1v) is 12.7. The number of rotatable bonds is 8. The molecule has 0 spiro atoms. The van der Waals surface area contributed by atoms with Crippen LogP contribution in [0, 0.1) is 0 Å². The summed E-state index contributed by atoms with van der Waals surface area (Å²) in [7, 11) is -1.92. The largest absolute Gasteiger partial charge is 0.497 e. The molecule has 1 heterocycles. The second-order valence-electron chi connectivity index (χ2n) is 9.25. The maximum absolute atomic E-state index is 13.2. The topological polar surface area (TPSA) is 79.0 Å². The van der Waals surface area contributed by atoms with Crippen LogP contribution >= 0.6 is 0 Å². The van der Waals surface area contributed by atoms with Crippen molar-refractivity contribution in [2.24, 2.45) is 0 Å². The van der Waals surface area contributed by atoms with Gasteiger partial charge in [-0.2, -0.15) is 0 Å². The van der Waals surface area contributed by atoms with Gasteiger partial charge in [-0.1, -0.05) is 57.2 Å². The summed E-state index contributed by atoms with van der Waals surface area (Å²) in [6.07, 6.45) is 2.63. The van der Waals surface area contributed by atoms with Gasteiger partial charge in [-0.15, -0.1) is 4.83 Å². The van der Waals surface area contributed by atoms with E-state index in [1.807, 2.05) is 42.5 Å². The number of urea groups is 1. The number of hydrogen-bond acceptors (Lipinski definition) is 4. The zero-order valence-corrected chi connectivity index (χ0v) is 20.3. The number of hydrazine groups is 1. The second-order valence-corrected chi connectivity index (χ2v) is 11.0. The standard InChI is InChI=1S/C24H33N3O4S/c1-24(2,3)21-11-7-6-10-20(21)22-17-27(25-32(5,29)30)23(28)26(22)16-8-9-18-12-14-19(31-4)15-13-18/h6-7,10-15,22,25H,8-9,16-17H2,1-5H3. The Morgan fingerprint density at radius 1 is 1.09 bits per heavy atom. The fourth-order valence-electron chi connectivity index (χ4n) is 4.15. The summed E-state index contributed by atoms with van der Waals surface area (Å²) >= 11 is 0. The van der Waals surface area contributed by atoms with Crippen molar-refractivity contribution in [2.75, 3.05) is 26.5 Å². The highest BCUT2D eigenvalue weighted by Crippen LogP contribution is 2.36. The lowest BCUT2D eigenvalue weighted by molar-refractivity contribution is 0.181. The van der Waals surface area contributed by atoms with Gasteiger partial charge in [0, 0.05) is 6.54 Å². The van der Waals surface area contributed by atoms with E-state index in [2.05, 4.69) is 31.7 Å². The Morgan fingerprint density at radius 2 is 1.75 bits per heavy atom. The molecular formula is C24H33N3O4S. The highest BCUT2D eigenvalue weighted by atomic mass is 32.2. The normalized spacial score (nSPS) is 17.2. The van der Waals surface area contributed by atoms with E-state index in [4.69, 9.17) is 4.74 Å². The highest BCUT2D eigenvalue weighted by molar-refractivity contribution is 7.88. The number of ether oxygens (including phenoxy) is 1. The minimum Gasteiger partial charge on any atom is -0.497 e. The van der Waals surface area contributed by atoms with E-state index in [0.717, 1.165) is 41.5 Å². The molecule has 0 aromatic heterocycles. The summed E-state index contributed by atoms with van der Waals surface area (Å²) in [6.45, 7) is 7.22. The number of carbonyl (C=O) groups excluding carboxylic acids is 1. The van der Waals surface area contributed by atoms with Crippen LogP contribution in [-0.4, -0.2) is 50.8 Å². The SMILES string of the molecule is COc1ccc(CCCN2C(=O)N(NS(C)(=O)=O)CC2c2ccccc2C(C)(C)C)cc1. The molecule has 2 aromatic carbocycles. The van der Waals surface area contributed by atoms with Crippen LogP contribution in [0.4, 0.5) is 4.79 Å². The van der Waals surface area contributed by atoms with E-state index in [9.17, 15) is 13.2 Å². The van der Waals surface area contributed by atoms with Crippen molar-refractivity contribution in [3.63, 3.8) is 0 Å². The van der Waals surface area contributed by atoms with Crippen LogP contribution in [0.25, 0.3) is 0 Å². The molecule has 1 atom stereocenters. The number of hydrogen-bond donors (Lipinski definition) is 1. The lowest BCUT2D eigenvalue weighted by Gasteiger charge is -2.29. The number of carbonyl (C=O) groups is 1. The molecule has 0 bridgehead atoms. The third kappa shape index (κ3) is 5.81. The molecule has 1 aliphatic rings. The molecule has 174 valence electrons. The molecule has 1 saturated heterocycles. The molecule has 3 rings (SSSR count). The van der Waals surface area contributed by atoms with Crippen molar-refractivity contribution in [1.82, 2.24) is 14.7 Å². The second kappa shape index (κ2) is 9.50. The van der Waals surface area contributed by atoms with Gasteiger partial charge >= 0.3 is 6.03 Å². The van der Waals surface area contributed by atoms with Crippen LogP contribution in [0.1, 0.15) is 49.9 Å². The Hall–Kier alpha value is -2.58. The van der Waals surface area contributed by atoms with Crippen molar-refractivity contribution < 1.29 is 17.9 Å². The molecule has 1 aliphatic heterocycles. The van der Waals surface area contributed by atoms with Gasteiger partial charge in [0.2, 0.25) is 10.0 Å². The van der Waals surface area contributed by atoms with Crippen LogP contribution in [0.2, 0.25) is 0 Å². The quantitative estimate of drug-likeness (QED) is 0.650. The van der Waals surface area contributed by atoms with Crippen molar-refractivity contribution in [2.45, 2.75) is 45.1 Å². The number of aryl methyl sites for hydroxylation is 1. The van der Waals surface area contributed by atoms with E-state index in [0.29, 0.717) is 6.54 Å². The Labute approximate surface area is 191 Å². The molecule has 8 heteroatoms. The third-order valence-electron chi connectivity index (χ3n) is 5.64. The van der Waals surface area contributed by atoms with E-state index in [1.54, 1.807) is 12.0 Å². The molecule has 0 radical (unpaired) electrons. The Bertz CT molecular complexity index is 1050. The number of nitrogens with zero attached hydrogens (tertiary/aromatic N) is 2. The van der Waals surface area contributed by atoms with Crippen LogP contribution in [0.5, 0.6) is 5.75 Å². The van der Waals surface area contributed by atoms with Gasteiger partial charge in [-0.3, -0.25) is 0 Å². The number of benzene rings is 2. The van der Waals surface area contributed by atoms with Crippen molar-refractivity contribution in [1.29, 1.82) is 0 Å². The van der Waals surface area contributed by atoms with Gasteiger partial charge in [-0.05, 0) is 47.1 Å². The maximum atomic E-state index is 13.2. The molecule has 2 aromatic rings. The van der Waals surface area contributed by atoms with Crippen molar-refractivity contribution in [3.05, 3.63) is 65.2 Å². The molecule has 0 aliphatic carbocycles. The molecule has 1 unspecified atom stereocenters. The monoisotopic (exact) mass is 459 g/mol. The molecule has 2 amide bonds. The Kier molecular flexibility index (Phi) is 7.15. The first-order valence-electron chi connectivity index (χ1n) is 10.8. The number of methoxy groups -OCH3 is 1. The van der Waals surface area contributed by atoms with E-state index >= 15 is 0 Å². The van der Waals surface area contributed by atoms with Gasteiger partial charge in [0.1, 0.15) is 5.75 Å². The predicted molar refractivity (Wildman–Crippen MR) is 126 cm³/mol. The summed E-state index contributed by atoms with van der Waals surface area (Å²) in [6, 6.07) is 15.4. The van der Waals surface area contributed by atoms with Gasteiger partial charge in [-0.25, -0.2) is 18.2 Å². The predicted octanol–water partition coefficient (Wildman–Crippen LogP) is 3.87. The summed E-state index contributed by atoms with van der Waals surface area (Å²) < 4.78 is 28.9. The lowest BCUT2D eigenvalue weighted by Crippen LogP contribution is -2.44. The van der Waals surface area contributed by atoms with Crippen LogP contribution in [0.3, 0.4) is 0 Å². The zero-order chi connectivity index (χ0) is 23.5. The average Bonchev–Trinajstić information content (AvgIpc) is 3.02. The number of sulfonamides is 1. The molecule has 32 heavy (non-hydrogen) atoms. The van der Waals surface area contributed by atoms with Crippen LogP contribution in [0.15, 0.2) is 48.5 Å². The summed E-state index contributed by atoms with van der Waals surface area (Å²) in [5.41, 5.74) is 3.26. The number of nitrogens with one attached hydrogen (secondary N) is 1. The molecule has 1 fully saturated rings.